The smallest absolute Gasteiger partial charge is 0.0798 e. The Bertz CT molecular complexity index is 528. The third-order valence-corrected chi connectivity index (χ3v) is 5.33. The molecule has 0 aromatic heterocycles. The number of benzene rings is 2. The summed E-state index contributed by atoms with van der Waals surface area (Å²) in [7, 11) is -0.0162. The van der Waals surface area contributed by atoms with Gasteiger partial charge in [0, 0.05) is 0 Å². The Labute approximate surface area is 138 Å². The van der Waals surface area contributed by atoms with E-state index < -0.39 is 0 Å². The Morgan fingerprint density at radius 3 is 1.68 bits per heavy atom. The first-order chi connectivity index (χ1) is 10.9. The van der Waals surface area contributed by atoms with Crippen LogP contribution < -0.4 is 0 Å². The molecule has 0 fully saturated rings. The molecular weight excluding hydrogens is 284 g/mol. The van der Waals surface area contributed by atoms with E-state index in [2.05, 4.69) is 92.7 Å². The van der Waals surface area contributed by atoms with Gasteiger partial charge in [0.1, 0.15) is 0 Å². The SMILES string of the molecule is C/C=C(\C=C/CC)[S+](c1ccccc1)c1ccccc1.CC. The van der Waals surface area contributed by atoms with Crippen molar-refractivity contribution in [1.29, 1.82) is 0 Å². The van der Waals surface area contributed by atoms with Crippen LogP contribution in [0, 0.1) is 0 Å². The fraction of sp³-hybridized carbons (Fsp3) is 0.238. The van der Waals surface area contributed by atoms with E-state index in [4.69, 9.17) is 0 Å². The fourth-order valence-electron chi connectivity index (χ4n) is 2.04. The lowest BCUT2D eigenvalue weighted by Gasteiger charge is -2.08. The molecule has 0 aliphatic carbocycles. The van der Waals surface area contributed by atoms with Crippen molar-refractivity contribution in [2.45, 2.75) is 43.9 Å². The molecule has 1 heteroatoms. The van der Waals surface area contributed by atoms with Gasteiger partial charge in [0.05, 0.1) is 10.9 Å². The molecule has 0 saturated heterocycles. The normalized spacial score (nSPS) is 11.4. The second-order valence-corrected chi connectivity index (χ2v) is 6.46. The van der Waals surface area contributed by atoms with Crippen molar-refractivity contribution in [3.8, 4) is 0 Å². The van der Waals surface area contributed by atoms with E-state index in [9.17, 15) is 0 Å². The molecule has 0 heterocycles. The molecule has 0 nitrogen and oxygen atoms in total. The van der Waals surface area contributed by atoms with Crippen LogP contribution in [0.3, 0.4) is 0 Å². The maximum atomic E-state index is 2.27. The molecule has 0 aliphatic heterocycles. The van der Waals surface area contributed by atoms with Crippen LogP contribution in [0.4, 0.5) is 0 Å². The second-order valence-electron chi connectivity index (χ2n) is 4.43. The molecule has 0 aliphatic rings. The lowest BCUT2D eigenvalue weighted by atomic mass is 10.4. The first-order valence-electron chi connectivity index (χ1n) is 8.04. The molecule has 2 aromatic rings. The molecule has 0 spiro atoms. The van der Waals surface area contributed by atoms with Gasteiger partial charge in [-0.25, -0.2) is 0 Å². The van der Waals surface area contributed by atoms with Gasteiger partial charge >= 0.3 is 0 Å². The molecule has 0 amide bonds. The summed E-state index contributed by atoms with van der Waals surface area (Å²) in [5.41, 5.74) is 0. The third-order valence-electron chi connectivity index (χ3n) is 3.00. The van der Waals surface area contributed by atoms with E-state index in [1.54, 1.807) is 0 Å². The van der Waals surface area contributed by atoms with E-state index in [-0.39, 0.29) is 10.9 Å². The number of allylic oxidation sites excluding steroid dienone is 3. The average molecular weight is 312 g/mol. The van der Waals surface area contributed by atoms with Gasteiger partial charge in [0.15, 0.2) is 14.7 Å². The maximum absolute atomic E-state index is 2.27. The van der Waals surface area contributed by atoms with Crippen molar-refractivity contribution in [2.24, 2.45) is 0 Å². The van der Waals surface area contributed by atoms with E-state index in [0.29, 0.717) is 0 Å². The molecule has 2 aromatic carbocycles. The topological polar surface area (TPSA) is 0 Å². The molecule has 0 saturated carbocycles. The lowest BCUT2D eigenvalue weighted by Crippen LogP contribution is -2.05. The predicted octanol–water partition coefficient (Wildman–Crippen LogP) is 6.62. The second kappa shape index (κ2) is 10.9. The Balaban J connectivity index is 0.00000116. The van der Waals surface area contributed by atoms with Crippen molar-refractivity contribution in [3.05, 3.63) is 83.8 Å². The monoisotopic (exact) mass is 311 g/mol. The Hall–Kier alpha value is -1.73. The molecular formula is C21H27S+. The summed E-state index contributed by atoms with van der Waals surface area (Å²) in [6.45, 7) is 8.30. The Morgan fingerprint density at radius 1 is 0.864 bits per heavy atom. The number of hydrogen-bond acceptors (Lipinski definition) is 0. The van der Waals surface area contributed by atoms with E-state index in [1.807, 2.05) is 13.8 Å². The molecule has 0 atom stereocenters. The summed E-state index contributed by atoms with van der Waals surface area (Å²) in [5, 5.41) is 0. The van der Waals surface area contributed by atoms with Gasteiger partial charge in [0.2, 0.25) is 0 Å². The zero-order valence-corrected chi connectivity index (χ0v) is 14.9. The summed E-state index contributed by atoms with van der Waals surface area (Å²) in [6, 6.07) is 21.5. The molecule has 116 valence electrons. The van der Waals surface area contributed by atoms with Gasteiger partial charge < -0.3 is 0 Å². The van der Waals surface area contributed by atoms with Crippen molar-refractivity contribution in [3.63, 3.8) is 0 Å². The van der Waals surface area contributed by atoms with Crippen LogP contribution in [0.5, 0.6) is 0 Å². The Kier molecular flexibility index (Phi) is 9.09. The lowest BCUT2D eigenvalue weighted by molar-refractivity contribution is 1.22. The molecule has 2 rings (SSSR count). The van der Waals surface area contributed by atoms with Crippen molar-refractivity contribution >= 4 is 10.9 Å². The summed E-state index contributed by atoms with van der Waals surface area (Å²) in [5.74, 6) is 0. The fourth-order valence-corrected chi connectivity index (χ4v) is 4.18. The highest BCUT2D eigenvalue weighted by atomic mass is 32.2. The van der Waals surface area contributed by atoms with Crippen molar-refractivity contribution < 1.29 is 0 Å². The summed E-state index contributed by atoms with van der Waals surface area (Å²) < 4.78 is 0. The van der Waals surface area contributed by atoms with Crippen LogP contribution in [0.2, 0.25) is 0 Å². The predicted molar refractivity (Wildman–Crippen MR) is 101 cm³/mol. The minimum Gasteiger partial charge on any atom is -0.0798 e. The molecule has 22 heavy (non-hydrogen) atoms. The van der Waals surface area contributed by atoms with Crippen LogP contribution in [-0.2, 0) is 10.9 Å². The standard InChI is InChI=1S/C19H21S.C2H6/c1-3-5-12-17(4-2)20(18-13-8-6-9-14-18)19-15-10-7-11-16-19;1-2/h4-16H,3H2,1-2H3;1-2H3/q+1;/b12-5-,17-4+;. The van der Waals surface area contributed by atoms with E-state index in [0.717, 1.165) is 6.42 Å². The van der Waals surface area contributed by atoms with Gasteiger partial charge in [-0.15, -0.1) is 0 Å². The van der Waals surface area contributed by atoms with Crippen LogP contribution in [-0.4, -0.2) is 0 Å². The van der Waals surface area contributed by atoms with Gasteiger partial charge in [-0.2, -0.15) is 0 Å². The van der Waals surface area contributed by atoms with Gasteiger partial charge in [-0.05, 0) is 49.8 Å². The highest BCUT2D eigenvalue weighted by molar-refractivity contribution is 8.00. The van der Waals surface area contributed by atoms with Crippen LogP contribution in [0.25, 0.3) is 0 Å². The largest absolute Gasteiger partial charge is 0.166 e. The summed E-state index contributed by atoms with van der Waals surface area (Å²) in [4.78, 5) is 4.12. The average Bonchev–Trinajstić information content (AvgIpc) is 2.62. The molecule has 0 unspecified atom stereocenters. The minimum absolute atomic E-state index is 0.0162. The number of rotatable bonds is 5. The third kappa shape index (κ3) is 5.23. The highest BCUT2D eigenvalue weighted by Gasteiger charge is 2.28. The van der Waals surface area contributed by atoms with Crippen LogP contribution in [0.1, 0.15) is 34.1 Å². The van der Waals surface area contributed by atoms with Gasteiger partial charge in [-0.1, -0.05) is 63.2 Å². The minimum atomic E-state index is -0.0162. The van der Waals surface area contributed by atoms with Crippen molar-refractivity contribution in [1.82, 2.24) is 0 Å². The maximum Gasteiger partial charge on any atom is 0.166 e. The van der Waals surface area contributed by atoms with E-state index >= 15 is 0 Å². The van der Waals surface area contributed by atoms with Crippen molar-refractivity contribution in [2.75, 3.05) is 0 Å². The van der Waals surface area contributed by atoms with Crippen LogP contribution >= 0.6 is 0 Å². The Morgan fingerprint density at radius 2 is 1.32 bits per heavy atom. The molecule has 0 N–H and O–H groups in total. The zero-order chi connectivity index (χ0) is 16.2. The zero-order valence-electron chi connectivity index (χ0n) is 14.1. The van der Waals surface area contributed by atoms with Gasteiger partial charge in [-0.3, -0.25) is 0 Å². The summed E-state index contributed by atoms with van der Waals surface area (Å²) >= 11 is 0. The van der Waals surface area contributed by atoms with Crippen LogP contribution in [0.15, 0.2) is 93.6 Å². The van der Waals surface area contributed by atoms with Gasteiger partial charge in [0.25, 0.3) is 0 Å². The first-order valence-corrected chi connectivity index (χ1v) is 9.26. The number of hydrogen-bond donors (Lipinski definition) is 0. The molecule has 0 bridgehead atoms. The highest BCUT2D eigenvalue weighted by Crippen LogP contribution is 2.30. The first kappa shape index (κ1) is 18.3. The molecule has 0 radical (unpaired) electrons. The van der Waals surface area contributed by atoms with E-state index in [1.165, 1.54) is 14.7 Å². The quantitative estimate of drug-likeness (QED) is 0.430. The summed E-state index contributed by atoms with van der Waals surface area (Å²) in [6.07, 6.45) is 7.80.